The quantitative estimate of drug-likeness (QED) is 0.835. The summed E-state index contributed by atoms with van der Waals surface area (Å²) in [6.07, 6.45) is 1.39. The number of aryl methyl sites for hydroxylation is 1. The van der Waals surface area contributed by atoms with Crippen molar-refractivity contribution in [2.24, 2.45) is 0 Å². The molecule has 0 heterocycles. The van der Waals surface area contributed by atoms with Crippen LogP contribution in [0.2, 0.25) is 0 Å². The molecule has 0 spiro atoms. The molecule has 0 aliphatic heterocycles. The highest BCUT2D eigenvalue weighted by Crippen LogP contribution is 2.27. The molecule has 0 saturated heterocycles. The van der Waals surface area contributed by atoms with Gasteiger partial charge in [0, 0.05) is 6.61 Å². The van der Waals surface area contributed by atoms with Gasteiger partial charge in [-0.25, -0.2) is 0 Å². The van der Waals surface area contributed by atoms with E-state index in [0.717, 1.165) is 5.56 Å². The van der Waals surface area contributed by atoms with Crippen molar-refractivity contribution in [2.45, 2.75) is 12.8 Å². The van der Waals surface area contributed by atoms with Crippen molar-refractivity contribution < 1.29 is 10.2 Å². The lowest BCUT2D eigenvalue weighted by Gasteiger charge is -2.04. The fraction of sp³-hybridized carbons (Fsp3) is 0.333. The van der Waals surface area contributed by atoms with Crippen molar-refractivity contribution in [3.05, 3.63) is 28.2 Å². The summed E-state index contributed by atoms with van der Waals surface area (Å²) in [6, 6.07) is 5.52. The van der Waals surface area contributed by atoms with Crippen LogP contribution in [0.15, 0.2) is 22.7 Å². The third-order valence-electron chi connectivity index (χ3n) is 1.67. The first-order valence-electron chi connectivity index (χ1n) is 3.83. The summed E-state index contributed by atoms with van der Waals surface area (Å²) in [4.78, 5) is 0. The Morgan fingerprint density at radius 2 is 2.08 bits per heavy atom. The number of hydrogen-bond donors (Lipinski definition) is 2. The largest absolute Gasteiger partial charge is 0.506 e. The van der Waals surface area contributed by atoms with Crippen molar-refractivity contribution in [3.63, 3.8) is 0 Å². The molecule has 1 rings (SSSR count). The molecule has 66 valence electrons. The predicted molar refractivity (Wildman–Crippen MR) is 51.2 cm³/mol. The van der Waals surface area contributed by atoms with Gasteiger partial charge in [0.1, 0.15) is 5.75 Å². The highest BCUT2D eigenvalue weighted by atomic mass is 79.9. The van der Waals surface area contributed by atoms with Gasteiger partial charge in [0.05, 0.1) is 4.47 Å². The van der Waals surface area contributed by atoms with E-state index in [1.807, 2.05) is 12.1 Å². The van der Waals surface area contributed by atoms with Crippen LogP contribution in [-0.4, -0.2) is 16.8 Å². The van der Waals surface area contributed by atoms with E-state index in [1.165, 1.54) is 0 Å². The van der Waals surface area contributed by atoms with Crippen LogP contribution in [0.1, 0.15) is 12.0 Å². The lowest BCUT2D eigenvalue weighted by atomic mass is 10.1. The fourth-order valence-electron chi connectivity index (χ4n) is 1.03. The van der Waals surface area contributed by atoms with Gasteiger partial charge in [-0.05, 0) is 40.4 Å². The van der Waals surface area contributed by atoms with Crippen molar-refractivity contribution >= 4 is 15.9 Å². The highest BCUT2D eigenvalue weighted by Gasteiger charge is 2.02. The number of para-hydroxylation sites is 1. The van der Waals surface area contributed by atoms with Gasteiger partial charge < -0.3 is 10.2 Å². The van der Waals surface area contributed by atoms with Gasteiger partial charge in [-0.15, -0.1) is 0 Å². The van der Waals surface area contributed by atoms with Crippen molar-refractivity contribution in [1.29, 1.82) is 0 Å². The smallest absolute Gasteiger partial charge is 0.132 e. The minimum Gasteiger partial charge on any atom is -0.506 e. The lowest BCUT2D eigenvalue weighted by Crippen LogP contribution is -1.90. The van der Waals surface area contributed by atoms with Crippen LogP contribution in [0, 0.1) is 0 Å². The number of aliphatic hydroxyl groups excluding tert-OH is 1. The Bertz CT molecular complexity index is 261. The zero-order valence-electron chi connectivity index (χ0n) is 6.63. The molecule has 2 nitrogen and oxygen atoms in total. The maximum atomic E-state index is 9.50. The molecule has 0 saturated carbocycles. The number of aliphatic hydroxyl groups is 1. The molecule has 12 heavy (non-hydrogen) atoms. The highest BCUT2D eigenvalue weighted by molar-refractivity contribution is 9.10. The fourth-order valence-corrected chi connectivity index (χ4v) is 1.44. The molecule has 0 amide bonds. The maximum Gasteiger partial charge on any atom is 0.132 e. The second-order valence-electron chi connectivity index (χ2n) is 2.57. The summed E-state index contributed by atoms with van der Waals surface area (Å²) < 4.78 is 0.706. The summed E-state index contributed by atoms with van der Waals surface area (Å²) in [5, 5.41) is 18.1. The second kappa shape index (κ2) is 4.48. The number of benzene rings is 1. The first-order valence-corrected chi connectivity index (χ1v) is 4.62. The molecule has 0 aliphatic carbocycles. The van der Waals surface area contributed by atoms with Crippen LogP contribution in [-0.2, 0) is 6.42 Å². The van der Waals surface area contributed by atoms with Crippen LogP contribution in [0.5, 0.6) is 5.75 Å². The molecule has 0 unspecified atom stereocenters. The number of hydrogen-bond acceptors (Lipinski definition) is 2. The minimum atomic E-state index is 0.159. The Balaban J connectivity index is 2.78. The normalized spacial score (nSPS) is 10.2. The van der Waals surface area contributed by atoms with Crippen molar-refractivity contribution in [1.82, 2.24) is 0 Å². The number of phenols is 1. The SMILES string of the molecule is OCCCc1cccc(Br)c1O. The third-order valence-corrected chi connectivity index (χ3v) is 2.31. The van der Waals surface area contributed by atoms with Gasteiger partial charge in [0.2, 0.25) is 0 Å². The van der Waals surface area contributed by atoms with E-state index in [9.17, 15) is 5.11 Å². The Morgan fingerprint density at radius 1 is 1.33 bits per heavy atom. The van der Waals surface area contributed by atoms with E-state index in [0.29, 0.717) is 17.3 Å². The molecule has 1 aromatic carbocycles. The van der Waals surface area contributed by atoms with Crippen molar-refractivity contribution in [3.8, 4) is 5.75 Å². The van der Waals surface area contributed by atoms with Gasteiger partial charge in [0.25, 0.3) is 0 Å². The summed E-state index contributed by atoms with van der Waals surface area (Å²) in [5.74, 6) is 0.283. The van der Waals surface area contributed by atoms with Crippen LogP contribution in [0.25, 0.3) is 0 Å². The maximum absolute atomic E-state index is 9.50. The summed E-state index contributed by atoms with van der Waals surface area (Å²) in [7, 11) is 0. The van der Waals surface area contributed by atoms with E-state index in [4.69, 9.17) is 5.11 Å². The molecule has 2 N–H and O–H groups in total. The van der Waals surface area contributed by atoms with E-state index < -0.39 is 0 Å². The summed E-state index contributed by atoms with van der Waals surface area (Å²) >= 11 is 3.23. The van der Waals surface area contributed by atoms with E-state index >= 15 is 0 Å². The van der Waals surface area contributed by atoms with Crippen LogP contribution < -0.4 is 0 Å². The predicted octanol–water partition coefficient (Wildman–Crippen LogP) is 2.08. The molecule has 0 aliphatic rings. The monoisotopic (exact) mass is 230 g/mol. The molecule has 0 atom stereocenters. The number of phenolic OH excluding ortho intramolecular Hbond substituents is 1. The Labute approximate surface area is 80.0 Å². The zero-order valence-corrected chi connectivity index (χ0v) is 8.21. The Hall–Kier alpha value is -0.540. The second-order valence-corrected chi connectivity index (χ2v) is 3.43. The van der Waals surface area contributed by atoms with Crippen LogP contribution in [0.3, 0.4) is 0 Å². The summed E-state index contributed by atoms with van der Waals surface area (Å²) in [6.45, 7) is 0.159. The summed E-state index contributed by atoms with van der Waals surface area (Å²) in [5.41, 5.74) is 0.874. The average molecular weight is 231 g/mol. The van der Waals surface area contributed by atoms with Crippen LogP contribution >= 0.6 is 15.9 Å². The molecular formula is C9H11BrO2. The molecule has 3 heteroatoms. The lowest BCUT2D eigenvalue weighted by molar-refractivity contribution is 0.288. The standard InChI is InChI=1S/C9H11BrO2/c10-8-5-1-3-7(9(8)12)4-2-6-11/h1,3,5,11-12H,2,4,6H2. The van der Waals surface area contributed by atoms with Gasteiger partial charge in [-0.2, -0.15) is 0 Å². The first-order chi connectivity index (χ1) is 5.75. The van der Waals surface area contributed by atoms with Gasteiger partial charge >= 0.3 is 0 Å². The zero-order chi connectivity index (χ0) is 8.97. The van der Waals surface area contributed by atoms with Gasteiger partial charge in [0.15, 0.2) is 0 Å². The number of halogens is 1. The average Bonchev–Trinajstić information content (AvgIpc) is 2.08. The molecule has 0 bridgehead atoms. The van der Waals surface area contributed by atoms with Gasteiger partial charge in [-0.3, -0.25) is 0 Å². The molecular weight excluding hydrogens is 220 g/mol. The van der Waals surface area contributed by atoms with E-state index in [2.05, 4.69) is 15.9 Å². The first kappa shape index (κ1) is 9.55. The Kier molecular flexibility index (Phi) is 3.56. The topological polar surface area (TPSA) is 40.5 Å². The molecule has 0 fully saturated rings. The third kappa shape index (κ3) is 2.22. The van der Waals surface area contributed by atoms with Crippen LogP contribution in [0.4, 0.5) is 0 Å². The van der Waals surface area contributed by atoms with E-state index in [1.54, 1.807) is 6.07 Å². The van der Waals surface area contributed by atoms with E-state index in [-0.39, 0.29) is 12.4 Å². The molecule has 1 aromatic rings. The number of rotatable bonds is 3. The Morgan fingerprint density at radius 3 is 2.75 bits per heavy atom. The molecule has 0 aromatic heterocycles. The minimum absolute atomic E-state index is 0.159. The van der Waals surface area contributed by atoms with Gasteiger partial charge in [-0.1, -0.05) is 12.1 Å². The molecule has 0 radical (unpaired) electrons. The number of aromatic hydroxyl groups is 1. The van der Waals surface area contributed by atoms with Crippen molar-refractivity contribution in [2.75, 3.05) is 6.61 Å².